The molecule has 0 spiro atoms. The van der Waals surface area contributed by atoms with E-state index in [1.807, 2.05) is 44.2 Å². The minimum Gasteiger partial charge on any atom is -0.494 e. The van der Waals surface area contributed by atoms with Crippen molar-refractivity contribution in [1.82, 2.24) is 0 Å². The molecule has 27 heavy (non-hydrogen) atoms. The Labute approximate surface area is 164 Å². The molecule has 0 bridgehead atoms. The van der Waals surface area contributed by atoms with Crippen molar-refractivity contribution in [3.63, 3.8) is 0 Å². The van der Waals surface area contributed by atoms with Gasteiger partial charge in [-0.25, -0.2) is 0 Å². The first-order valence-electron chi connectivity index (χ1n) is 10.1. The van der Waals surface area contributed by atoms with E-state index in [9.17, 15) is 0 Å². The molecular weight excluding hydrogens is 336 g/mol. The van der Waals surface area contributed by atoms with Gasteiger partial charge in [-0.2, -0.15) is 0 Å². The maximum atomic E-state index is 5.84. The fourth-order valence-electron chi connectivity index (χ4n) is 2.78. The fourth-order valence-corrected chi connectivity index (χ4v) is 2.78. The lowest BCUT2D eigenvalue weighted by molar-refractivity contribution is 0.242. The van der Waals surface area contributed by atoms with Gasteiger partial charge in [0.15, 0.2) is 0 Å². The predicted octanol–water partition coefficient (Wildman–Crippen LogP) is 5.96. The van der Waals surface area contributed by atoms with Gasteiger partial charge in [0, 0.05) is 36.6 Å². The maximum Gasteiger partial charge on any atom is 0.121 e. The molecule has 0 aliphatic rings. The van der Waals surface area contributed by atoms with Crippen LogP contribution in [0, 0.1) is 0 Å². The lowest BCUT2D eigenvalue weighted by Crippen LogP contribution is -2.14. The summed E-state index contributed by atoms with van der Waals surface area (Å²) in [6.45, 7) is 8.74. The number of ether oxygens (including phenoxy) is 2. The minimum absolute atomic E-state index is 0.183. The number of unbranched alkanes of at least 4 members (excludes halogenated alkanes) is 3. The molecule has 0 saturated carbocycles. The summed E-state index contributed by atoms with van der Waals surface area (Å²) >= 11 is 0. The molecule has 2 N–H and O–H groups in total. The Morgan fingerprint density at radius 1 is 0.815 bits per heavy atom. The largest absolute Gasteiger partial charge is 0.494 e. The number of rotatable bonds is 13. The molecule has 4 heteroatoms. The number of benzene rings is 2. The molecule has 0 heterocycles. The highest BCUT2D eigenvalue weighted by atomic mass is 16.5. The molecule has 0 fully saturated rings. The van der Waals surface area contributed by atoms with E-state index in [2.05, 4.69) is 35.8 Å². The van der Waals surface area contributed by atoms with Crippen molar-refractivity contribution < 1.29 is 9.47 Å². The van der Waals surface area contributed by atoms with Crippen molar-refractivity contribution in [3.8, 4) is 11.5 Å². The molecule has 0 atom stereocenters. The summed E-state index contributed by atoms with van der Waals surface area (Å²) in [4.78, 5) is 0. The number of nitrogens with one attached hydrogen (secondary N) is 2. The Bertz CT molecular complexity index is 658. The van der Waals surface area contributed by atoms with Crippen LogP contribution in [0.1, 0.15) is 46.5 Å². The van der Waals surface area contributed by atoms with Crippen molar-refractivity contribution in [2.75, 3.05) is 30.3 Å². The second-order valence-electron chi connectivity index (χ2n) is 6.98. The van der Waals surface area contributed by atoms with Gasteiger partial charge in [-0.15, -0.1) is 0 Å². The highest BCUT2D eigenvalue weighted by molar-refractivity contribution is 5.50. The molecule has 0 aromatic heterocycles. The molecule has 2 aromatic carbocycles. The quantitative estimate of drug-likeness (QED) is 0.427. The van der Waals surface area contributed by atoms with E-state index in [0.29, 0.717) is 0 Å². The van der Waals surface area contributed by atoms with Crippen molar-refractivity contribution in [2.45, 2.75) is 52.6 Å². The van der Waals surface area contributed by atoms with Crippen molar-refractivity contribution in [1.29, 1.82) is 0 Å². The third-order valence-corrected chi connectivity index (χ3v) is 4.09. The Kier molecular flexibility index (Phi) is 9.39. The normalized spacial score (nSPS) is 10.7. The zero-order valence-electron chi connectivity index (χ0n) is 17.0. The van der Waals surface area contributed by atoms with Crippen molar-refractivity contribution >= 4 is 11.4 Å². The van der Waals surface area contributed by atoms with Crippen LogP contribution >= 0.6 is 0 Å². The topological polar surface area (TPSA) is 42.5 Å². The van der Waals surface area contributed by atoms with Crippen LogP contribution in [-0.2, 0) is 0 Å². The van der Waals surface area contributed by atoms with Gasteiger partial charge < -0.3 is 20.1 Å². The molecule has 4 nitrogen and oxygen atoms in total. The molecule has 0 saturated heterocycles. The summed E-state index contributed by atoms with van der Waals surface area (Å²) in [7, 11) is 0. The zero-order chi connectivity index (χ0) is 19.3. The molecule has 0 radical (unpaired) electrons. The highest BCUT2D eigenvalue weighted by Crippen LogP contribution is 2.19. The summed E-state index contributed by atoms with van der Waals surface area (Å²) in [5.74, 6) is 1.83. The third-order valence-electron chi connectivity index (χ3n) is 4.09. The van der Waals surface area contributed by atoms with Gasteiger partial charge in [-0.05, 0) is 44.5 Å². The van der Waals surface area contributed by atoms with Crippen molar-refractivity contribution in [2.24, 2.45) is 0 Å². The fraction of sp³-hybridized carbons (Fsp3) is 0.478. The van der Waals surface area contributed by atoms with Gasteiger partial charge in [-0.3, -0.25) is 0 Å². The second kappa shape index (κ2) is 12.1. The monoisotopic (exact) mass is 370 g/mol. The Morgan fingerprint density at radius 3 is 2.07 bits per heavy atom. The van der Waals surface area contributed by atoms with Gasteiger partial charge in [-0.1, -0.05) is 38.3 Å². The van der Waals surface area contributed by atoms with E-state index >= 15 is 0 Å². The van der Waals surface area contributed by atoms with Crippen LogP contribution in [-0.4, -0.2) is 25.8 Å². The van der Waals surface area contributed by atoms with E-state index in [4.69, 9.17) is 9.47 Å². The van der Waals surface area contributed by atoms with Gasteiger partial charge in [0.2, 0.25) is 0 Å². The molecule has 0 amide bonds. The molecule has 0 unspecified atom stereocenters. The van der Waals surface area contributed by atoms with Crippen LogP contribution in [0.2, 0.25) is 0 Å². The standard InChI is InChI=1S/C23H34N2O2/c1-4-5-6-7-16-26-22-12-8-10-20(17-22)24-14-15-25-21-11-9-13-23(18-21)27-19(2)3/h8-13,17-19,24-25H,4-7,14-16H2,1-3H3. The van der Waals surface area contributed by atoms with Gasteiger partial charge in [0.05, 0.1) is 12.7 Å². The first-order valence-corrected chi connectivity index (χ1v) is 10.1. The molecule has 0 aliphatic carbocycles. The molecule has 2 aromatic rings. The Balaban J connectivity index is 1.70. The van der Waals surface area contributed by atoms with Crippen LogP contribution in [0.25, 0.3) is 0 Å². The third kappa shape index (κ3) is 8.72. The van der Waals surface area contributed by atoms with Crippen LogP contribution in [0.15, 0.2) is 48.5 Å². The van der Waals surface area contributed by atoms with Crippen LogP contribution in [0.3, 0.4) is 0 Å². The van der Waals surface area contributed by atoms with Gasteiger partial charge in [0.25, 0.3) is 0 Å². The Hall–Kier alpha value is -2.36. The van der Waals surface area contributed by atoms with Crippen LogP contribution in [0.4, 0.5) is 11.4 Å². The van der Waals surface area contributed by atoms with Gasteiger partial charge >= 0.3 is 0 Å². The lowest BCUT2D eigenvalue weighted by Gasteiger charge is -2.13. The SMILES string of the molecule is CCCCCCOc1cccc(NCCNc2cccc(OC(C)C)c2)c1. The van der Waals surface area contributed by atoms with Gasteiger partial charge in [0.1, 0.15) is 11.5 Å². The van der Waals surface area contributed by atoms with E-state index in [1.165, 1.54) is 19.3 Å². The number of anilines is 2. The minimum atomic E-state index is 0.183. The average Bonchev–Trinajstić information content (AvgIpc) is 2.65. The predicted molar refractivity (Wildman–Crippen MR) is 115 cm³/mol. The Morgan fingerprint density at radius 2 is 1.44 bits per heavy atom. The van der Waals surface area contributed by atoms with Crippen LogP contribution < -0.4 is 20.1 Å². The van der Waals surface area contributed by atoms with Crippen LogP contribution in [0.5, 0.6) is 11.5 Å². The summed E-state index contributed by atoms with van der Waals surface area (Å²) in [5.41, 5.74) is 2.15. The number of hydrogen-bond acceptors (Lipinski definition) is 4. The molecule has 148 valence electrons. The van der Waals surface area contributed by atoms with Crippen molar-refractivity contribution in [3.05, 3.63) is 48.5 Å². The molecular formula is C23H34N2O2. The summed E-state index contributed by atoms with van der Waals surface area (Å²) < 4.78 is 11.6. The smallest absolute Gasteiger partial charge is 0.121 e. The summed E-state index contributed by atoms with van der Waals surface area (Å²) in [5, 5.41) is 6.86. The first kappa shape index (κ1) is 20.9. The summed E-state index contributed by atoms with van der Waals surface area (Å²) in [6.07, 6.45) is 5.08. The average molecular weight is 371 g/mol. The molecule has 0 aliphatic heterocycles. The lowest BCUT2D eigenvalue weighted by atomic mass is 10.2. The van der Waals surface area contributed by atoms with E-state index < -0.39 is 0 Å². The number of hydrogen-bond donors (Lipinski definition) is 2. The van der Waals surface area contributed by atoms with E-state index in [1.54, 1.807) is 0 Å². The maximum absolute atomic E-state index is 5.84. The summed E-state index contributed by atoms with van der Waals surface area (Å²) in [6, 6.07) is 16.3. The molecule has 2 rings (SSSR count). The second-order valence-corrected chi connectivity index (χ2v) is 6.98. The van der Waals surface area contributed by atoms with E-state index in [0.717, 1.165) is 49.0 Å². The van der Waals surface area contributed by atoms with E-state index in [-0.39, 0.29) is 6.10 Å². The zero-order valence-corrected chi connectivity index (χ0v) is 17.0. The first-order chi connectivity index (χ1) is 13.2. The highest BCUT2D eigenvalue weighted by Gasteiger charge is 2.00.